The lowest BCUT2D eigenvalue weighted by atomic mass is 10.3. The van der Waals surface area contributed by atoms with Gasteiger partial charge in [0, 0.05) is 19.6 Å². The number of carbonyl (C=O) groups excluding carboxylic acids is 1. The van der Waals surface area contributed by atoms with Gasteiger partial charge in [-0.15, -0.1) is 0 Å². The fourth-order valence-corrected chi connectivity index (χ4v) is 0.798. The monoisotopic (exact) mass is 174 g/mol. The van der Waals surface area contributed by atoms with E-state index in [2.05, 4.69) is 0 Å². The maximum Gasteiger partial charge on any atom is 0.409 e. The summed E-state index contributed by atoms with van der Waals surface area (Å²) >= 11 is 0. The van der Waals surface area contributed by atoms with Gasteiger partial charge in [0.05, 0.1) is 6.10 Å². The maximum absolute atomic E-state index is 11.1. The molecule has 1 unspecified atom stereocenters. The average molecular weight is 174 g/mol. The largest absolute Gasteiger partial charge is 0.447 e. The Morgan fingerprint density at radius 2 is 2.00 bits per heavy atom. The minimum atomic E-state index is -0.317. The van der Waals surface area contributed by atoms with Gasteiger partial charge in [-0.3, -0.25) is 0 Å². The first kappa shape index (κ1) is 11.2. The molecule has 0 heterocycles. The lowest BCUT2D eigenvalue weighted by Gasteiger charge is -2.20. The summed E-state index contributed by atoms with van der Waals surface area (Å²) < 4.78 is 4.94. The molecule has 0 fully saturated rings. The standard InChI is InChI=1S/C8H18N2O2/c1-6(2)12-8(11)10(4)5-7(3)9/h6-7H,5,9H2,1-4H3. The van der Waals surface area contributed by atoms with Crippen LogP contribution >= 0.6 is 0 Å². The fourth-order valence-electron chi connectivity index (χ4n) is 0.798. The number of rotatable bonds is 3. The number of hydrogen-bond donors (Lipinski definition) is 1. The molecule has 0 aromatic carbocycles. The van der Waals surface area contributed by atoms with Crippen LogP contribution in [-0.2, 0) is 4.74 Å². The molecule has 0 rings (SSSR count). The maximum atomic E-state index is 11.1. The van der Waals surface area contributed by atoms with E-state index in [0.29, 0.717) is 6.54 Å². The lowest BCUT2D eigenvalue weighted by Crippen LogP contribution is -2.38. The normalized spacial score (nSPS) is 12.8. The highest BCUT2D eigenvalue weighted by atomic mass is 16.6. The molecule has 0 aliphatic rings. The van der Waals surface area contributed by atoms with Gasteiger partial charge >= 0.3 is 6.09 Å². The van der Waals surface area contributed by atoms with Crippen LogP contribution in [0.2, 0.25) is 0 Å². The van der Waals surface area contributed by atoms with Crippen LogP contribution < -0.4 is 5.73 Å². The zero-order valence-electron chi connectivity index (χ0n) is 8.20. The van der Waals surface area contributed by atoms with E-state index in [1.165, 1.54) is 4.90 Å². The topological polar surface area (TPSA) is 55.6 Å². The molecule has 0 saturated heterocycles. The summed E-state index contributed by atoms with van der Waals surface area (Å²) in [5.74, 6) is 0. The quantitative estimate of drug-likeness (QED) is 0.689. The van der Waals surface area contributed by atoms with E-state index in [-0.39, 0.29) is 18.2 Å². The fraction of sp³-hybridized carbons (Fsp3) is 0.875. The molecule has 4 nitrogen and oxygen atoms in total. The van der Waals surface area contributed by atoms with E-state index in [1.807, 2.05) is 20.8 Å². The molecule has 0 saturated carbocycles. The number of amides is 1. The highest BCUT2D eigenvalue weighted by Gasteiger charge is 2.12. The smallest absolute Gasteiger partial charge is 0.409 e. The first-order chi connectivity index (χ1) is 5.43. The average Bonchev–Trinajstić information content (AvgIpc) is 1.84. The SMILES string of the molecule is CC(N)CN(C)C(=O)OC(C)C. The van der Waals surface area contributed by atoms with E-state index < -0.39 is 0 Å². The summed E-state index contributed by atoms with van der Waals surface area (Å²) in [6, 6.07) is -0.0188. The Morgan fingerprint density at radius 1 is 1.50 bits per heavy atom. The van der Waals surface area contributed by atoms with Gasteiger partial charge in [-0.2, -0.15) is 0 Å². The Balaban J connectivity index is 3.77. The number of hydrogen-bond acceptors (Lipinski definition) is 3. The van der Waals surface area contributed by atoms with Gasteiger partial charge in [0.1, 0.15) is 0 Å². The summed E-state index contributed by atoms with van der Waals surface area (Å²) in [4.78, 5) is 12.6. The van der Waals surface area contributed by atoms with Crippen molar-refractivity contribution >= 4 is 6.09 Å². The van der Waals surface area contributed by atoms with Crippen molar-refractivity contribution in [2.24, 2.45) is 5.73 Å². The molecule has 1 amide bonds. The molecular formula is C8H18N2O2. The second-order valence-corrected chi connectivity index (χ2v) is 3.29. The second-order valence-electron chi connectivity index (χ2n) is 3.29. The molecule has 0 aromatic heterocycles. The summed E-state index contributed by atoms with van der Waals surface area (Å²) in [6.45, 7) is 6.00. The van der Waals surface area contributed by atoms with Crippen molar-refractivity contribution in [3.05, 3.63) is 0 Å². The Morgan fingerprint density at radius 3 is 2.33 bits per heavy atom. The molecule has 0 spiro atoms. The third-order valence-electron chi connectivity index (χ3n) is 1.21. The first-order valence-corrected chi connectivity index (χ1v) is 4.10. The summed E-state index contributed by atoms with van der Waals surface area (Å²) in [5, 5.41) is 0. The van der Waals surface area contributed by atoms with Crippen molar-refractivity contribution in [3.8, 4) is 0 Å². The Hall–Kier alpha value is -0.770. The number of nitrogens with two attached hydrogens (primary N) is 1. The van der Waals surface area contributed by atoms with Gasteiger partial charge < -0.3 is 15.4 Å². The molecule has 0 aliphatic heterocycles. The molecule has 4 heteroatoms. The van der Waals surface area contributed by atoms with Crippen molar-refractivity contribution in [2.75, 3.05) is 13.6 Å². The van der Waals surface area contributed by atoms with Crippen LogP contribution in [0.3, 0.4) is 0 Å². The van der Waals surface area contributed by atoms with E-state index in [4.69, 9.17) is 10.5 Å². The number of nitrogens with zero attached hydrogens (tertiary/aromatic N) is 1. The van der Waals surface area contributed by atoms with E-state index in [0.717, 1.165) is 0 Å². The predicted molar refractivity (Wildman–Crippen MR) is 47.9 cm³/mol. The molecule has 12 heavy (non-hydrogen) atoms. The predicted octanol–water partition coefficient (Wildman–Crippen LogP) is 0.810. The Labute approximate surface area is 73.7 Å². The van der Waals surface area contributed by atoms with Crippen LogP contribution in [0.1, 0.15) is 20.8 Å². The molecule has 0 radical (unpaired) electrons. The van der Waals surface area contributed by atoms with Crippen molar-refractivity contribution in [2.45, 2.75) is 32.9 Å². The van der Waals surface area contributed by atoms with Crippen LogP contribution in [-0.4, -0.2) is 36.7 Å². The van der Waals surface area contributed by atoms with E-state index in [9.17, 15) is 4.79 Å². The van der Waals surface area contributed by atoms with Gasteiger partial charge in [0.25, 0.3) is 0 Å². The van der Waals surface area contributed by atoms with Crippen molar-refractivity contribution < 1.29 is 9.53 Å². The first-order valence-electron chi connectivity index (χ1n) is 4.10. The molecule has 0 aromatic rings. The van der Waals surface area contributed by atoms with Crippen molar-refractivity contribution in [1.29, 1.82) is 0 Å². The Bertz CT molecular complexity index is 146. The van der Waals surface area contributed by atoms with Crippen LogP contribution in [0.5, 0.6) is 0 Å². The van der Waals surface area contributed by atoms with Gasteiger partial charge in [-0.25, -0.2) is 4.79 Å². The van der Waals surface area contributed by atoms with Crippen LogP contribution in [0, 0.1) is 0 Å². The Kier molecular flexibility index (Phi) is 4.66. The molecule has 0 aliphatic carbocycles. The summed E-state index contributed by atoms with van der Waals surface area (Å²) in [7, 11) is 1.67. The van der Waals surface area contributed by atoms with E-state index >= 15 is 0 Å². The highest BCUT2D eigenvalue weighted by molar-refractivity contribution is 5.67. The van der Waals surface area contributed by atoms with E-state index in [1.54, 1.807) is 7.05 Å². The molecule has 0 bridgehead atoms. The lowest BCUT2D eigenvalue weighted by molar-refractivity contribution is 0.0829. The van der Waals surface area contributed by atoms with Gasteiger partial charge in [0.15, 0.2) is 0 Å². The number of likely N-dealkylation sites (N-methyl/N-ethyl adjacent to an activating group) is 1. The second kappa shape index (κ2) is 4.98. The third kappa shape index (κ3) is 4.96. The number of carbonyl (C=O) groups is 1. The summed E-state index contributed by atoms with van der Waals surface area (Å²) in [6.07, 6.45) is -0.393. The van der Waals surface area contributed by atoms with Crippen LogP contribution in [0.15, 0.2) is 0 Å². The van der Waals surface area contributed by atoms with Gasteiger partial charge in [-0.05, 0) is 20.8 Å². The zero-order chi connectivity index (χ0) is 9.72. The number of ether oxygens (including phenoxy) is 1. The third-order valence-corrected chi connectivity index (χ3v) is 1.21. The minimum absolute atomic E-state index is 0.0188. The molecule has 72 valence electrons. The summed E-state index contributed by atoms with van der Waals surface area (Å²) in [5.41, 5.74) is 5.51. The molecular weight excluding hydrogens is 156 g/mol. The van der Waals surface area contributed by atoms with Crippen LogP contribution in [0.25, 0.3) is 0 Å². The zero-order valence-corrected chi connectivity index (χ0v) is 8.20. The molecule has 1 atom stereocenters. The highest BCUT2D eigenvalue weighted by Crippen LogP contribution is 1.95. The van der Waals surface area contributed by atoms with Crippen molar-refractivity contribution in [3.63, 3.8) is 0 Å². The van der Waals surface area contributed by atoms with Crippen LogP contribution in [0.4, 0.5) is 4.79 Å². The minimum Gasteiger partial charge on any atom is -0.447 e. The van der Waals surface area contributed by atoms with Gasteiger partial charge in [-0.1, -0.05) is 0 Å². The molecule has 2 N–H and O–H groups in total. The van der Waals surface area contributed by atoms with Crippen molar-refractivity contribution in [1.82, 2.24) is 4.90 Å². The van der Waals surface area contributed by atoms with Gasteiger partial charge in [0.2, 0.25) is 0 Å².